The number of nitrogens with zero attached hydrogens (tertiary/aromatic N) is 1. The van der Waals surface area contributed by atoms with Crippen molar-refractivity contribution in [3.05, 3.63) is 65.7 Å². The third-order valence-corrected chi connectivity index (χ3v) is 5.83. The number of ketones is 1. The molecule has 0 bridgehead atoms. The minimum Gasteiger partial charge on any atom is -0.387 e. The molecule has 0 saturated heterocycles. The quantitative estimate of drug-likeness (QED) is 0.663. The number of aliphatic hydroxyl groups is 1. The van der Waals surface area contributed by atoms with Gasteiger partial charge in [0.1, 0.15) is 0 Å². The normalized spacial score (nSPS) is 12.6. The van der Waals surface area contributed by atoms with Crippen molar-refractivity contribution >= 4 is 21.7 Å². The third-order valence-electron chi connectivity index (χ3n) is 4.01. The summed E-state index contributed by atoms with van der Waals surface area (Å²) < 4.78 is 26.0. The summed E-state index contributed by atoms with van der Waals surface area (Å²) in [5, 5.41) is 12.6. The van der Waals surface area contributed by atoms with Gasteiger partial charge in [0.15, 0.2) is 5.78 Å². The molecule has 8 heteroatoms. The van der Waals surface area contributed by atoms with Crippen molar-refractivity contribution in [1.29, 1.82) is 0 Å². The van der Waals surface area contributed by atoms with E-state index in [2.05, 4.69) is 5.32 Å². The predicted molar refractivity (Wildman–Crippen MR) is 101 cm³/mol. The van der Waals surface area contributed by atoms with Gasteiger partial charge in [0.05, 0.1) is 17.5 Å². The van der Waals surface area contributed by atoms with E-state index in [0.29, 0.717) is 11.1 Å². The number of Topliss-reactive ketones (excluding diaryl/α,β-unsaturated/α-hetero) is 1. The van der Waals surface area contributed by atoms with E-state index in [1.165, 1.54) is 38.2 Å². The van der Waals surface area contributed by atoms with Gasteiger partial charge in [0.25, 0.3) is 0 Å². The Hall–Kier alpha value is -2.55. The minimum atomic E-state index is -3.87. The molecule has 0 saturated carbocycles. The van der Waals surface area contributed by atoms with Crippen LogP contribution in [-0.2, 0) is 14.8 Å². The van der Waals surface area contributed by atoms with Crippen molar-refractivity contribution in [2.45, 2.75) is 17.9 Å². The molecule has 2 rings (SSSR count). The standard InChI is InChI=1S/C19H22N2O5S/c1-14(22)15-8-10-17(11-9-15)27(25,26)21(2)13-19(24)20-12-18(23)16-6-4-3-5-7-16/h3-11,18,23H,12-13H2,1-2H3,(H,20,24). The average Bonchev–Trinajstić information content (AvgIpc) is 2.66. The van der Waals surface area contributed by atoms with E-state index in [1.807, 2.05) is 6.07 Å². The van der Waals surface area contributed by atoms with Gasteiger partial charge in [-0.1, -0.05) is 42.5 Å². The van der Waals surface area contributed by atoms with Gasteiger partial charge >= 0.3 is 0 Å². The summed E-state index contributed by atoms with van der Waals surface area (Å²) in [6, 6.07) is 14.4. The molecule has 0 aromatic heterocycles. The van der Waals surface area contributed by atoms with Gasteiger partial charge in [0.2, 0.25) is 15.9 Å². The second-order valence-corrected chi connectivity index (χ2v) is 8.12. The molecule has 2 aromatic carbocycles. The number of amides is 1. The molecule has 1 amide bonds. The van der Waals surface area contributed by atoms with Crippen molar-refractivity contribution < 1.29 is 23.1 Å². The van der Waals surface area contributed by atoms with Crippen LogP contribution in [0.5, 0.6) is 0 Å². The van der Waals surface area contributed by atoms with Gasteiger partial charge in [-0.05, 0) is 24.6 Å². The molecule has 1 unspecified atom stereocenters. The van der Waals surface area contributed by atoms with E-state index in [4.69, 9.17) is 0 Å². The lowest BCUT2D eigenvalue weighted by Crippen LogP contribution is -2.39. The van der Waals surface area contributed by atoms with Crippen LogP contribution >= 0.6 is 0 Å². The minimum absolute atomic E-state index is 0.00730. The van der Waals surface area contributed by atoms with Gasteiger partial charge in [-0.15, -0.1) is 0 Å². The molecule has 0 aliphatic rings. The zero-order valence-corrected chi connectivity index (χ0v) is 15.9. The van der Waals surface area contributed by atoms with Gasteiger partial charge in [-0.2, -0.15) is 4.31 Å². The van der Waals surface area contributed by atoms with Crippen molar-refractivity contribution in [1.82, 2.24) is 9.62 Å². The molecular weight excluding hydrogens is 368 g/mol. The predicted octanol–water partition coefficient (Wildman–Crippen LogP) is 1.36. The van der Waals surface area contributed by atoms with Crippen molar-refractivity contribution in [3.63, 3.8) is 0 Å². The van der Waals surface area contributed by atoms with Gasteiger partial charge in [-0.3, -0.25) is 9.59 Å². The topological polar surface area (TPSA) is 104 Å². The van der Waals surface area contributed by atoms with E-state index in [9.17, 15) is 23.1 Å². The monoisotopic (exact) mass is 390 g/mol. The number of hydrogen-bond donors (Lipinski definition) is 2. The number of hydrogen-bond acceptors (Lipinski definition) is 5. The van der Waals surface area contributed by atoms with E-state index in [-0.39, 0.29) is 17.2 Å². The van der Waals surface area contributed by atoms with Gasteiger partial charge in [-0.25, -0.2) is 8.42 Å². The number of carbonyl (C=O) groups is 2. The average molecular weight is 390 g/mol. The van der Waals surface area contributed by atoms with E-state index >= 15 is 0 Å². The number of sulfonamides is 1. The van der Waals surface area contributed by atoms with Crippen LogP contribution in [0.1, 0.15) is 28.9 Å². The summed E-state index contributed by atoms with van der Waals surface area (Å²) in [5.41, 5.74) is 1.06. The van der Waals surface area contributed by atoms with Crippen LogP contribution in [0, 0.1) is 0 Å². The van der Waals surface area contributed by atoms with Crippen LogP contribution in [0.2, 0.25) is 0 Å². The maximum atomic E-state index is 12.5. The fourth-order valence-corrected chi connectivity index (χ4v) is 3.52. The largest absolute Gasteiger partial charge is 0.387 e. The molecule has 144 valence electrons. The maximum Gasteiger partial charge on any atom is 0.243 e. The summed E-state index contributed by atoms with van der Waals surface area (Å²) in [6.07, 6.45) is -0.879. The summed E-state index contributed by atoms with van der Waals surface area (Å²) in [5.74, 6) is -0.694. The zero-order chi connectivity index (χ0) is 20.0. The maximum absolute atomic E-state index is 12.5. The SMILES string of the molecule is CC(=O)c1ccc(S(=O)(=O)N(C)CC(=O)NCC(O)c2ccccc2)cc1. The highest BCUT2D eigenvalue weighted by atomic mass is 32.2. The third kappa shape index (κ3) is 5.46. The Morgan fingerprint density at radius 2 is 1.67 bits per heavy atom. The fourth-order valence-electron chi connectivity index (χ4n) is 2.39. The lowest BCUT2D eigenvalue weighted by molar-refractivity contribution is -0.121. The molecule has 0 aliphatic carbocycles. The summed E-state index contributed by atoms with van der Waals surface area (Å²) in [4.78, 5) is 23.3. The van der Waals surface area contributed by atoms with Crippen molar-refractivity contribution in [2.24, 2.45) is 0 Å². The van der Waals surface area contributed by atoms with E-state index < -0.39 is 28.6 Å². The molecule has 0 radical (unpaired) electrons. The van der Waals surface area contributed by atoms with E-state index in [0.717, 1.165) is 4.31 Å². The lowest BCUT2D eigenvalue weighted by atomic mass is 10.1. The Kier molecular flexibility index (Phi) is 6.84. The number of nitrogens with one attached hydrogen (secondary N) is 1. The Morgan fingerprint density at radius 1 is 1.07 bits per heavy atom. The van der Waals surface area contributed by atoms with Gasteiger partial charge in [0, 0.05) is 19.2 Å². The highest BCUT2D eigenvalue weighted by molar-refractivity contribution is 7.89. The van der Waals surface area contributed by atoms with Crippen molar-refractivity contribution in [3.8, 4) is 0 Å². The molecule has 2 aromatic rings. The van der Waals surface area contributed by atoms with Crippen LogP contribution in [0.4, 0.5) is 0 Å². The fraction of sp³-hybridized carbons (Fsp3) is 0.263. The number of aliphatic hydroxyl groups excluding tert-OH is 1. The second-order valence-electron chi connectivity index (χ2n) is 6.07. The summed E-state index contributed by atoms with van der Waals surface area (Å²) in [6.45, 7) is 0.978. The first kappa shape index (κ1) is 20.8. The second kappa shape index (κ2) is 8.90. The number of benzene rings is 2. The number of carbonyl (C=O) groups excluding carboxylic acids is 2. The van der Waals surface area contributed by atoms with Crippen LogP contribution in [0.3, 0.4) is 0 Å². The summed E-state index contributed by atoms with van der Waals surface area (Å²) >= 11 is 0. The summed E-state index contributed by atoms with van der Waals surface area (Å²) in [7, 11) is -2.58. The Balaban J connectivity index is 1.95. The molecule has 0 aliphatic heterocycles. The smallest absolute Gasteiger partial charge is 0.243 e. The highest BCUT2D eigenvalue weighted by Gasteiger charge is 2.23. The zero-order valence-electron chi connectivity index (χ0n) is 15.1. The molecule has 27 heavy (non-hydrogen) atoms. The van der Waals surface area contributed by atoms with Crippen LogP contribution in [-0.4, -0.2) is 49.7 Å². The first-order chi connectivity index (χ1) is 12.7. The molecular formula is C19H22N2O5S. The molecule has 0 fully saturated rings. The van der Waals surface area contributed by atoms with Gasteiger partial charge < -0.3 is 10.4 Å². The Bertz CT molecular complexity index is 895. The molecule has 7 nitrogen and oxygen atoms in total. The molecule has 0 heterocycles. The van der Waals surface area contributed by atoms with Crippen LogP contribution < -0.4 is 5.32 Å². The van der Waals surface area contributed by atoms with Crippen LogP contribution in [0.15, 0.2) is 59.5 Å². The van der Waals surface area contributed by atoms with Crippen molar-refractivity contribution in [2.75, 3.05) is 20.1 Å². The van der Waals surface area contributed by atoms with E-state index in [1.54, 1.807) is 24.3 Å². The lowest BCUT2D eigenvalue weighted by Gasteiger charge is -2.18. The number of likely N-dealkylation sites (N-methyl/N-ethyl adjacent to an activating group) is 1. The first-order valence-electron chi connectivity index (χ1n) is 8.29. The molecule has 0 spiro atoms. The Labute approximate surface area is 158 Å². The highest BCUT2D eigenvalue weighted by Crippen LogP contribution is 2.15. The van der Waals surface area contributed by atoms with Crippen LogP contribution in [0.25, 0.3) is 0 Å². The first-order valence-corrected chi connectivity index (χ1v) is 9.73. The number of rotatable bonds is 8. The molecule has 1 atom stereocenters. The Morgan fingerprint density at radius 3 is 2.22 bits per heavy atom. The molecule has 2 N–H and O–H groups in total.